The lowest BCUT2D eigenvalue weighted by Crippen LogP contribution is -2.52. The number of piperazine rings is 1. The first-order valence-electron chi connectivity index (χ1n) is 8.24. The number of amides is 1. The van der Waals surface area contributed by atoms with Crippen molar-refractivity contribution in [2.75, 3.05) is 19.6 Å². The van der Waals surface area contributed by atoms with Crippen LogP contribution < -0.4 is 5.32 Å². The molecule has 2 heterocycles. The molecule has 1 amide bonds. The Hall–Kier alpha value is -1.81. The quantitative estimate of drug-likeness (QED) is 0.925. The molecule has 1 N–H and O–H groups in total. The van der Waals surface area contributed by atoms with E-state index in [-0.39, 0.29) is 11.9 Å². The van der Waals surface area contributed by atoms with Gasteiger partial charge in [-0.3, -0.25) is 4.79 Å². The van der Waals surface area contributed by atoms with Gasteiger partial charge in [-0.25, -0.2) is 0 Å². The third-order valence-corrected chi connectivity index (χ3v) is 5.03. The van der Waals surface area contributed by atoms with E-state index < -0.39 is 0 Å². The average Bonchev–Trinajstić information content (AvgIpc) is 3.12. The van der Waals surface area contributed by atoms with Crippen molar-refractivity contribution >= 4 is 16.9 Å². The van der Waals surface area contributed by atoms with Crippen LogP contribution in [0.5, 0.6) is 0 Å². The Morgan fingerprint density at radius 1 is 1.36 bits per heavy atom. The van der Waals surface area contributed by atoms with E-state index in [0.717, 1.165) is 49.0 Å². The van der Waals surface area contributed by atoms with E-state index in [0.29, 0.717) is 6.42 Å². The summed E-state index contributed by atoms with van der Waals surface area (Å²) in [6.45, 7) is 4.66. The van der Waals surface area contributed by atoms with Gasteiger partial charge in [0.25, 0.3) is 0 Å². The fraction of sp³-hybridized carbons (Fsp3) is 0.500. The van der Waals surface area contributed by atoms with Gasteiger partial charge < -0.3 is 14.6 Å². The molecule has 116 valence electrons. The maximum Gasteiger partial charge on any atom is 0.227 e. The van der Waals surface area contributed by atoms with Crippen LogP contribution in [0.15, 0.2) is 22.8 Å². The Morgan fingerprint density at radius 2 is 2.18 bits per heavy atom. The summed E-state index contributed by atoms with van der Waals surface area (Å²) in [5.74, 6) is 0.206. The van der Waals surface area contributed by atoms with Gasteiger partial charge in [-0.2, -0.15) is 0 Å². The molecule has 4 rings (SSSR count). The van der Waals surface area contributed by atoms with Crippen LogP contribution in [0.25, 0.3) is 11.0 Å². The first-order chi connectivity index (χ1) is 10.7. The van der Waals surface area contributed by atoms with Crippen molar-refractivity contribution in [1.29, 1.82) is 0 Å². The number of carbonyl (C=O) groups excluding carboxylic acids is 1. The van der Waals surface area contributed by atoms with Gasteiger partial charge >= 0.3 is 0 Å². The van der Waals surface area contributed by atoms with Crippen LogP contribution in [-0.2, 0) is 24.1 Å². The standard InChI is InChI=1S/C18H22N2O2/c1-12-10-19-5-6-20(12)18(21)9-15-11-22-17-8-14-4-2-3-13(14)7-16(15)17/h7-8,11-12,19H,2-6,9-10H2,1H3/t12-/m1/s1. The largest absolute Gasteiger partial charge is 0.464 e. The molecule has 1 atom stereocenters. The van der Waals surface area contributed by atoms with Gasteiger partial charge in [0.1, 0.15) is 5.58 Å². The van der Waals surface area contributed by atoms with Crippen LogP contribution in [0, 0.1) is 0 Å². The van der Waals surface area contributed by atoms with E-state index in [9.17, 15) is 4.79 Å². The lowest BCUT2D eigenvalue weighted by molar-refractivity contribution is -0.133. The molecule has 2 aliphatic rings. The summed E-state index contributed by atoms with van der Waals surface area (Å²) in [5, 5.41) is 4.45. The van der Waals surface area contributed by atoms with Gasteiger partial charge in [-0.05, 0) is 49.4 Å². The van der Waals surface area contributed by atoms with E-state index >= 15 is 0 Å². The minimum atomic E-state index is 0.206. The highest BCUT2D eigenvalue weighted by atomic mass is 16.3. The molecule has 1 aromatic carbocycles. The molecule has 0 spiro atoms. The van der Waals surface area contributed by atoms with Gasteiger partial charge in [0.2, 0.25) is 5.91 Å². The van der Waals surface area contributed by atoms with Crippen LogP contribution in [0.1, 0.15) is 30.0 Å². The Balaban J connectivity index is 1.60. The molecule has 1 fully saturated rings. The van der Waals surface area contributed by atoms with Crippen LogP contribution in [0.4, 0.5) is 0 Å². The third-order valence-electron chi connectivity index (χ3n) is 5.03. The molecule has 1 aliphatic carbocycles. The van der Waals surface area contributed by atoms with Gasteiger partial charge in [-0.1, -0.05) is 0 Å². The number of hydrogen-bond acceptors (Lipinski definition) is 3. The molecule has 0 radical (unpaired) electrons. The lowest BCUT2D eigenvalue weighted by Gasteiger charge is -2.34. The average molecular weight is 298 g/mol. The molecule has 1 aromatic heterocycles. The highest BCUT2D eigenvalue weighted by molar-refractivity contribution is 5.88. The normalized spacial score (nSPS) is 21.3. The Morgan fingerprint density at radius 3 is 3.00 bits per heavy atom. The monoisotopic (exact) mass is 298 g/mol. The van der Waals surface area contributed by atoms with Gasteiger partial charge in [0, 0.05) is 36.6 Å². The number of fused-ring (bicyclic) bond motifs is 2. The molecule has 0 unspecified atom stereocenters. The van der Waals surface area contributed by atoms with E-state index in [2.05, 4.69) is 24.4 Å². The summed E-state index contributed by atoms with van der Waals surface area (Å²) in [5.41, 5.74) is 4.80. The highest BCUT2D eigenvalue weighted by Crippen LogP contribution is 2.30. The van der Waals surface area contributed by atoms with Gasteiger partial charge in [0.15, 0.2) is 0 Å². The number of hydrogen-bond donors (Lipinski definition) is 1. The number of carbonyl (C=O) groups is 1. The van der Waals surface area contributed by atoms with Crippen molar-refractivity contribution in [3.63, 3.8) is 0 Å². The number of furan rings is 1. The molecule has 0 saturated carbocycles. The predicted octanol–water partition coefficient (Wildman–Crippen LogP) is 2.28. The zero-order valence-electron chi connectivity index (χ0n) is 13.0. The zero-order valence-corrected chi connectivity index (χ0v) is 13.0. The summed E-state index contributed by atoms with van der Waals surface area (Å²) in [6, 6.07) is 4.67. The van der Waals surface area contributed by atoms with Gasteiger partial charge in [-0.15, -0.1) is 0 Å². The lowest BCUT2D eigenvalue weighted by atomic mass is 10.0. The summed E-state index contributed by atoms with van der Waals surface area (Å²) >= 11 is 0. The van der Waals surface area contributed by atoms with Crippen molar-refractivity contribution in [2.24, 2.45) is 0 Å². The summed E-state index contributed by atoms with van der Waals surface area (Å²) in [6.07, 6.45) is 5.74. The molecular formula is C18H22N2O2. The number of benzene rings is 1. The van der Waals surface area contributed by atoms with E-state index in [4.69, 9.17) is 4.42 Å². The first kappa shape index (κ1) is 13.8. The topological polar surface area (TPSA) is 45.5 Å². The second kappa shape index (κ2) is 5.43. The molecular weight excluding hydrogens is 276 g/mol. The van der Waals surface area contributed by atoms with Crippen LogP contribution in [0.3, 0.4) is 0 Å². The van der Waals surface area contributed by atoms with Crippen molar-refractivity contribution < 1.29 is 9.21 Å². The highest BCUT2D eigenvalue weighted by Gasteiger charge is 2.24. The summed E-state index contributed by atoms with van der Waals surface area (Å²) < 4.78 is 5.71. The molecule has 22 heavy (non-hydrogen) atoms. The molecule has 1 aliphatic heterocycles. The minimum Gasteiger partial charge on any atom is -0.464 e. The maximum atomic E-state index is 12.6. The SMILES string of the molecule is C[C@@H]1CNCCN1C(=O)Cc1coc2cc3c(cc12)CCC3. The predicted molar refractivity (Wildman–Crippen MR) is 86.0 cm³/mol. The zero-order chi connectivity index (χ0) is 15.1. The smallest absolute Gasteiger partial charge is 0.227 e. The van der Waals surface area contributed by atoms with E-state index in [1.807, 2.05) is 4.90 Å². The van der Waals surface area contributed by atoms with Crippen LogP contribution >= 0.6 is 0 Å². The maximum absolute atomic E-state index is 12.6. The molecule has 4 nitrogen and oxygen atoms in total. The molecule has 0 bridgehead atoms. The fourth-order valence-corrected chi connectivity index (χ4v) is 3.76. The number of nitrogens with zero attached hydrogens (tertiary/aromatic N) is 1. The Kier molecular flexibility index (Phi) is 3.41. The van der Waals surface area contributed by atoms with E-state index in [1.54, 1.807) is 6.26 Å². The molecule has 2 aromatic rings. The molecule has 1 saturated heterocycles. The Labute approximate surface area is 130 Å². The van der Waals surface area contributed by atoms with Crippen molar-refractivity contribution in [3.8, 4) is 0 Å². The number of aryl methyl sites for hydroxylation is 2. The second-order valence-corrected chi connectivity index (χ2v) is 6.55. The Bertz CT molecular complexity index is 719. The third kappa shape index (κ3) is 2.31. The van der Waals surface area contributed by atoms with Crippen molar-refractivity contribution in [2.45, 2.75) is 38.6 Å². The molecule has 4 heteroatoms. The number of nitrogens with one attached hydrogen (secondary N) is 1. The van der Waals surface area contributed by atoms with E-state index in [1.165, 1.54) is 17.5 Å². The minimum absolute atomic E-state index is 0.206. The number of rotatable bonds is 2. The summed E-state index contributed by atoms with van der Waals surface area (Å²) in [4.78, 5) is 14.6. The van der Waals surface area contributed by atoms with Crippen LogP contribution in [-0.4, -0.2) is 36.5 Å². The first-order valence-corrected chi connectivity index (χ1v) is 8.24. The summed E-state index contributed by atoms with van der Waals surface area (Å²) in [7, 11) is 0. The van der Waals surface area contributed by atoms with Crippen molar-refractivity contribution in [1.82, 2.24) is 10.2 Å². The fourth-order valence-electron chi connectivity index (χ4n) is 3.76. The second-order valence-electron chi connectivity index (χ2n) is 6.55. The van der Waals surface area contributed by atoms with Crippen molar-refractivity contribution in [3.05, 3.63) is 35.1 Å². The van der Waals surface area contributed by atoms with Gasteiger partial charge in [0.05, 0.1) is 12.7 Å². The van der Waals surface area contributed by atoms with Crippen LogP contribution in [0.2, 0.25) is 0 Å².